The fourth-order valence-electron chi connectivity index (χ4n) is 2.50. The Hall–Kier alpha value is -3.62. The molecule has 1 aromatic heterocycles. The van der Waals surface area contributed by atoms with Crippen molar-refractivity contribution < 1.29 is 23.1 Å². The molecule has 0 spiro atoms. The summed E-state index contributed by atoms with van der Waals surface area (Å²) in [4.78, 5) is 24.0. The van der Waals surface area contributed by atoms with Crippen molar-refractivity contribution in [3.05, 3.63) is 64.4 Å². The van der Waals surface area contributed by atoms with Gasteiger partial charge in [0.05, 0.1) is 14.2 Å². The van der Waals surface area contributed by atoms with Gasteiger partial charge in [0.2, 0.25) is 11.8 Å². The van der Waals surface area contributed by atoms with Gasteiger partial charge in [-0.2, -0.15) is 4.68 Å². The first-order valence-electron chi connectivity index (χ1n) is 8.31. The number of nitrogens with zero attached hydrogens (tertiary/aromatic N) is 2. The van der Waals surface area contributed by atoms with Crippen molar-refractivity contribution in [2.45, 2.75) is 13.1 Å². The fraction of sp³-hybridized carbons (Fsp3) is 0.211. The van der Waals surface area contributed by atoms with Crippen LogP contribution >= 0.6 is 0 Å². The standard InChI is InChI=1S/C19H18FN3O5/c1-26-15-8-3-12(9-16(15)27-2)10-21-17(24)11-23-19(25)28-18(22-23)13-4-6-14(20)7-5-13/h3-9H,10-11H2,1-2H3,(H,21,24). The second kappa shape index (κ2) is 8.38. The second-order valence-corrected chi connectivity index (χ2v) is 5.80. The average Bonchev–Trinajstić information content (AvgIpc) is 3.06. The van der Waals surface area contributed by atoms with Crippen LogP contribution in [0.2, 0.25) is 0 Å². The van der Waals surface area contributed by atoms with E-state index in [9.17, 15) is 14.0 Å². The van der Waals surface area contributed by atoms with E-state index in [0.29, 0.717) is 17.1 Å². The number of methoxy groups -OCH3 is 2. The highest BCUT2D eigenvalue weighted by Crippen LogP contribution is 2.27. The zero-order chi connectivity index (χ0) is 20.1. The van der Waals surface area contributed by atoms with Gasteiger partial charge < -0.3 is 19.2 Å². The largest absolute Gasteiger partial charge is 0.493 e. The lowest BCUT2D eigenvalue weighted by Crippen LogP contribution is -2.31. The number of halogens is 1. The molecule has 146 valence electrons. The Labute approximate surface area is 159 Å². The van der Waals surface area contributed by atoms with E-state index in [2.05, 4.69) is 10.4 Å². The third-order valence-corrected chi connectivity index (χ3v) is 3.93. The molecule has 9 heteroatoms. The van der Waals surface area contributed by atoms with Gasteiger partial charge in [-0.3, -0.25) is 4.79 Å². The minimum atomic E-state index is -0.777. The molecule has 1 amide bonds. The number of nitrogens with one attached hydrogen (secondary N) is 1. The maximum atomic E-state index is 13.0. The summed E-state index contributed by atoms with van der Waals surface area (Å²) in [5.74, 6) is -0.472. The van der Waals surface area contributed by atoms with E-state index >= 15 is 0 Å². The first-order chi connectivity index (χ1) is 13.5. The van der Waals surface area contributed by atoms with Crippen molar-refractivity contribution in [1.29, 1.82) is 0 Å². The first kappa shape index (κ1) is 19.2. The van der Waals surface area contributed by atoms with Crippen LogP contribution < -0.4 is 20.5 Å². The van der Waals surface area contributed by atoms with Gasteiger partial charge in [-0.1, -0.05) is 6.07 Å². The van der Waals surface area contributed by atoms with Gasteiger partial charge in [0.15, 0.2) is 11.5 Å². The third kappa shape index (κ3) is 4.37. The molecule has 0 radical (unpaired) electrons. The van der Waals surface area contributed by atoms with E-state index in [1.54, 1.807) is 18.2 Å². The summed E-state index contributed by atoms with van der Waals surface area (Å²) in [7, 11) is 3.06. The number of amides is 1. The summed E-state index contributed by atoms with van der Waals surface area (Å²) in [5, 5.41) is 6.67. The van der Waals surface area contributed by atoms with Crippen molar-refractivity contribution in [1.82, 2.24) is 15.1 Å². The summed E-state index contributed by atoms with van der Waals surface area (Å²) in [6, 6.07) is 10.6. The Morgan fingerprint density at radius 1 is 1.14 bits per heavy atom. The molecule has 3 rings (SSSR count). The molecule has 0 aliphatic rings. The molecule has 2 aromatic carbocycles. The van der Waals surface area contributed by atoms with Gasteiger partial charge in [0.1, 0.15) is 12.4 Å². The van der Waals surface area contributed by atoms with Crippen molar-refractivity contribution in [2.24, 2.45) is 0 Å². The number of carbonyl (C=O) groups is 1. The Bertz CT molecular complexity index is 1030. The zero-order valence-electron chi connectivity index (χ0n) is 15.3. The molecule has 0 bridgehead atoms. The van der Waals surface area contributed by atoms with Crippen LogP contribution in [0.3, 0.4) is 0 Å². The summed E-state index contributed by atoms with van der Waals surface area (Å²) >= 11 is 0. The fourth-order valence-corrected chi connectivity index (χ4v) is 2.50. The van der Waals surface area contributed by atoms with Crippen LogP contribution in [0.4, 0.5) is 4.39 Å². The predicted molar refractivity (Wildman–Crippen MR) is 97.5 cm³/mol. The third-order valence-electron chi connectivity index (χ3n) is 3.93. The molecule has 8 nitrogen and oxygen atoms in total. The molecule has 0 fully saturated rings. The van der Waals surface area contributed by atoms with E-state index in [1.165, 1.54) is 38.5 Å². The number of ether oxygens (including phenoxy) is 2. The van der Waals surface area contributed by atoms with Crippen LogP contribution in [0.5, 0.6) is 11.5 Å². The lowest BCUT2D eigenvalue weighted by atomic mass is 10.2. The van der Waals surface area contributed by atoms with Crippen molar-refractivity contribution >= 4 is 5.91 Å². The molecule has 28 heavy (non-hydrogen) atoms. The van der Waals surface area contributed by atoms with Crippen LogP contribution in [-0.4, -0.2) is 29.9 Å². The quantitative estimate of drug-likeness (QED) is 0.666. The maximum Gasteiger partial charge on any atom is 0.437 e. The highest BCUT2D eigenvalue weighted by Gasteiger charge is 2.13. The van der Waals surface area contributed by atoms with Gasteiger partial charge in [-0.15, -0.1) is 5.10 Å². The summed E-state index contributed by atoms with van der Waals surface area (Å²) < 4.78 is 29.3. The number of benzene rings is 2. The number of carbonyl (C=O) groups excluding carboxylic acids is 1. The molecular formula is C19H18FN3O5. The maximum absolute atomic E-state index is 13.0. The average molecular weight is 387 g/mol. The molecule has 3 aromatic rings. The summed E-state index contributed by atoms with van der Waals surface area (Å²) in [6.45, 7) is -0.0760. The monoisotopic (exact) mass is 387 g/mol. The Morgan fingerprint density at radius 3 is 2.54 bits per heavy atom. The van der Waals surface area contributed by atoms with Crippen LogP contribution in [-0.2, 0) is 17.9 Å². The van der Waals surface area contributed by atoms with Gasteiger partial charge in [-0.05, 0) is 42.0 Å². The Kier molecular flexibility index (Phi) is 5.73. The van der Waals surface area contributed by atoms with E-state index in [1.807, 2.05) is 0 Å². The van der Waals surface area contributed by atoms with E-state index in [0.717, 1.165) is 10.2 Å². The topological polar surface area (TPSA) is 95.6 Å². The number of hydrogen-bond donors (Lipinski definition) is 1. The molecule has 0 saturated heterocycles. The second-order valence-electron chi connectivity index (χ2n) is 5.80. The predicted octanol–water partition coefficient (Wildman–Crippen LogP) is 1.98. The normalized spacial score (nSPS) is 10.5. The number of rotatable bonds is 7. The minimum Gasteiger partial charge on any atom is -0.493 e. The molecule has 0 saturated carbocycles. The minimum absolute atomic E-state index is 0.0118. The SMILES string of the molecule is COc1ccc(CNC(=O)Cn2nc(-c3ccc(F)cc3)oc2=O)cc1OC. The Morgan fingerprint density at radius 2 is 1.86 bits per heavy atom. The van der Waals surface area contributed by atoms with E-state index < -0.39 is 17.5 Å². The molecule has 1 heterocycles. The molecule has 0 atom stereocenters. The highest BCUT2D eigenvalue weighted by molar-refractivity contribution is 5.75. The molecular weight excluding hydrogens is 369 g/mol. The van der Waals surface area contributed by atoms with Crippen molar-refractivity contribution in [2.75, 3.05) is 14.2 Å². The summed E-state index contributed by atoms with van der Waals surface area (Å²) in [5.41, 5.74) is 1.23. The van der Waals surface area contributed by atoms with Crippen LogP contribution in [0.15, 0.2) is 51.7 Å². The van der Waals surface area contributed by atoms with Gasteiger partial charge in [0.25, 0.3) is 0 Å². The van der Waals surface area contributed by atoms with E-state index in [-0.39, 0.29) is 19.0 Å². The van der Waals surface area contributed by atoms with Gasteiger partial charge >= 0.3 is 5.76 Å². The Balaban J connectivity index is 1.64. The van der Waals surface area contributed by atoms with Crippen LogP contribution in [0.25, 0.3) is 11.5 Å². The van der Waals surface area contributed by atoms with Gasteiger partial charge in [-0.25, -0.2) is 9.18 Å². The molecule has 0 aliphatic carbocycles. The zero-order valence-corrected chi connectivity index (χ0v) is 15.3. The van der Waals surface area contributed by atoms with Crippen molar-refractivity contribution in [3.8, 4) is 23.0 Å². The van der Waals surface area contributed by atoms with E-state index in [4.69, 9.17) is 13.9 Å². The highest BCUT2D eigenvalue weighted by atomic mass is 19.1. The lowest BCUT2D eigenvalue weighted by molar-refractivity contribution is -0.122. The smallest absolute Gasteiger partial charge is 0.437 e. The van der Waals surface area contributed by atoms with Gasteiger partial charge in [0, 0.05) is 12.1 Å². The molecule has 0 aliphatic heterocycles. The number of hydrogen-bond acceptors (Lipinski definition) is 6. The molecule has 1 N–H and O–H groups in total. The lowest BCUT2D eigenvalue weighted by Gasteiger charge is -2.10. The first-order valence-corrected chi connectivity index (χ1v) is 8.31. The summed E-state index contributed by atoms with van der Waals surface area (Å²) in [6.07, 6.45) is 0. The van der Waals surface area contributed by atoms with Crippen LogP contribution in [0, 0.1) is 5.82 Å². The van der Waals surface area contributed by atoms with Crippen molar-refractivity contribution in [3.63, 3.8) is 0 Å². The molecule has 0 unspecified atom stereocenters. The number of aromatic nitrogens is 2. The van der Waals surface area contributed by atoms with Crippen LogP contribution in [0.1, 0.15) is 5.56 Å².